The van der Waals surface area contributed by atoms with E-state index in [9.17, 15) is 4.79 Å². The number of amides is 1. The zero-order chi connectivity index (χ0) is 23.8. The molecule has 2 heterocycles. The normalized spacial score (nSPS) is 14.6. The van der Waals surface area contributed by atoms with Gasteiger partial charge in [-0.2, -0.15) is 0 Å². The minimum atomic E-state index is -0.278. The molecule has 2 aromatic carbocycles. The molecule has 2 N–H and O–H groups in total. The summed E-state index contributed by atoms with van der Waals surface area (Å²) in [4.78, 5) is 14.8. The lowest BCUT2D eigenvalue weighted by molar-refractivity contribution is -0.123. The van der Waals surface area contributed by atoms with Crippen molar-refractivity contribution in [3.05, 3.63) is 71.8 Å². The second kappa shape index (κ2) is 11.6. The zero-order valence-corrected chi connectivity index (χ0v) is 19.4. The molecule has 4 rings (SSSR count). The van der Waals surface area contributed by atoms with Crippen LogP contribution in [-0.4, -0.2) is 63.6 Å². The number of nitrogens with zero attached hydrogens (tertiary/aromatic N) is 4. The maximum atomic E-state index is 12.4. The fourth-order valence-electron chi connectivity index (χ4n) is 4.04. The molecular weight excluding hydrogens is 434 g/mol. The smallest absolute Gasteiger partial charge is 0.258 e. The number of nitrogens with one attached hydrogen (secondary N) is 1. The van der Waals surface area contributed by atoms with Crippen LogP contribution in [0.4, 0.5) is 0 Å². The van der Waals surface area contributed by atoms with Crippen LogP contribution in [0.15, 0.2) is 54.6 Å². The van der Waals surface area contributed by atoms with E-state index < -0.39 is 0 Å². The van der Waals surface area contributed by atoms with E-state index in [1.54, 1.807) is 0 Å². The predicted octanol–water partition coefficient (Wildman–Crippen LogP) is 1.96. The maximum Gasteiger partial charge on any atom is 0.258 e. The van der Waals surface area contributed by atoms with Crippen LogP contribution in [0.3, 0.4) is 0 Å². The van der Waals surface area contributed by atoms with Gasteiger partial charge in [-0.25, -0.2) is 0 Å². The van der Waals surface area contributed by atoms with E-state index in [1.807, 2.05) is 55.5 Å². The van der Waals surface area contributed by atoms with Crippen molar-refractivity contribution in [3.8, 4) is 11.5 Å². The third-order valence-electron chi connectivity index (χ3n) is 5.69. The number of hydrogen-bond acceptors (Lipinski definition) is 7. The molecule has 1 unspecified atom stereocenters. The summed E-state index contributed by atoms with van der Waals surface area (Å²) in [5.41, 5.74) is 1.16. The van der Waals surface area contributed by atoms with E-state index in [0.29, 0.717) is 5.75 Å². The maximum absolute atomic E-state index is 12.4. The lowest BCUT2D eigenvalue weighted by atomic mass is 10.2. The highest BCUT2D eigenvalue weighted by Crippen LogP contribution is 2.19. The van der Waals surface area contributed by atoms with Gasteiger partial charge in [0, 0.05) is 32.6 Å². The Labute approximate surface area is 199 Å². The number of rotatable bonds is 10. The van der Waals surface area contributed by atoms with Crippen LogP contribution in [0.1, 0.15) is 30.2 Å². The monoisotopic (exact) mass is 465 g/mol. The molecule has 0 radical (unpaired) electrons. The Morgan fingerprint density at radius 3 is 2.71 bits per heavy atom. The lowest BCUT2D eigenvalue weighted by Gasteiger charge is -2.20. The summed E-state index contributed by atoms with van der Waals surface area (Å²) in [6.07, 6.45) is 0.783. The van der Waals surface area contributed by atoms with E-state index in [0.717, 1.165) is 55.6 Å². The van der Waals surface area contributed by atoms with Crippen molar-refractivity contribution in [3.63, 3.8) is 0 Å². The molecular formula is C25H31N5O4. The average Bonchev–Trinajstić information content (AvgIpc) is 3.17. The summed E-state index contributed by atoms with van der Waals surface area (Å²) >= 11 is 0. The van der Waals surface area contributed by atoms with Gasteiger partial charge in [0.25, 0.3) is 5.91 Å². The third-order valence-corrected chi connectivity index (χ3v) is 5.69. The van der Waals surface area contributed by atoms with Crippen LogP contribution in [0, 0.1) is 0 Å². The van der Waals surface area contributed by atoms with Crippen molar-refractivity contribution in [2.75, 3.05) is 32.9 Å². The predicted molar refractivity (Wildman–Crippen MR) is 127 cm³/mol. The summed E-state index contributed by atoms with van der Waals surface area (Å²) in [6.45, 7) is 5.41. The number of carbonyl (C=O) groups excluding carboxylic acids is 1. The van der Waals surface area contributed by atoms with Crippen LogP contribution in [-0.2, 0) is 24.3 Å². The fourth-order valence-corrected chi connectivity index (χ4v) is 4.04. The fraction of sp³-hybridized carbons (Fsp3) is 0.400. The number of carbonyl (C=O) groups is 1. The molecule has 9 nitrogen and oxygen atoms in total. The van der Waals surface area contributed by atoms with Gasteiger partial charge in [-0.1, -0.05) is 30.3 Å². The van der Waals surface area contributed by atoms with Crippen molar-refractivity contribution in [2.45, 2.75) is 32.5 Å². The Kier molecular flexibility index (Phi) is 8.11. The molecule has 0 saturated heterocycles. The van der Waals surface area contributed by atoms with E-state index in [2.05, 4.69) is 31.0 Å². The SMILES string of the molecule is CC(NC(=O)COc1ccccc1)c1nnc2n1CCN(Cc1cccc(OCCO)c1)CC2. The van der Waals surface area contributed by atoms with Crippen molar-refractivity contribution in [2.24, 2.45) is 0 Å². The molecule has 34 heavy (non-hydrogen) atoms. The van der Waals surface area contributed by atoms with Crippen LogP contribution < -0.4 is 14.8 Å². The lowest BCUT2D eigenvalue weighted by Crippen LogP contribution is -2.33. The highest BCUT2D eigenvalue weighted by atomic mass is 16.5. The Hall–Kier alpha value is -3.43. The number of aliphatic hydroxyl groups is 1. The third kappa shape index (κ3) is 6.33. The van der Waals surface area contributed by atoms with Crippen molar-refractivity contribution in [1.82, 2.24) is 25.0 Å². The second-order valence-electron chi connectivity index (χ2n) is 8.26. The van der Waals surface area contributed by atoms with Gasteiger partial charge in [-0.3, -0.25) is 9.69 Å². The first-order chi connectivity index (χ1) is 16.6. The number of para-hydroxylation sites is 1. The Morgan fingerprint density at radius 2 is 1.88 bits per heavy atom. The highest BCUT2D eigenvalue weighted by molar-refractivity contribution is 5.77. The van der Waals surface area contributed by atoms with Gasteiger partial charge >= 0.3 is 0 Å². The number of ether oxygens (including phenoxy) is 2. The Bertz CT molecular complexity index is 1070. The minimum absolute atomic E-state index is 0.00286. The molecule has 1 aliphatic rings. The first kappa shape index (κ1) is 23.7. The van der Waals surface area contributed by atoms with Crippen LogP contribution in [0.5, 0.6) is 11.5 Å². The number of fused-ring (bicyclic) bond motifs is 1. The summed E-state index contributed by atoms with van der Waals surface area (Å²) in [6, 6.07) is 17.0. The summed E-state index contributed by atoms with van der Waals surface area (Å²) < 4.78 is 13.2. The molecule has 0 bridgehead atoms. The molecule has 0 saturated carbocycles. The Balaban J connectivity index is 1.31. The number of hydrogen-bond donors (Lipinski definition) is 2. The quantitative estimate of drug-likeness (QED) is 0.472. The Morgan fingerprint density at radius 1 is 1.06 bits per heavy atom. The minimum Gasteiger partial charge on any atom is -0.491 e. The van der Waals surface area contributed by atoms with Gasteiger partial charge in [0.15, 0.2) is 12.4 Å². The summed E-state index contributed by atoms with van der Waals surface area (Å²) in [5.74, 6) is 2.91. The van der Waals surface area contributed by atoms with Crippen molar-refractivity contribution >= 4 is 5.91 Å². The van der Waals surface area contributed by atoms with E-state index in [4.69, 9.17) is 14.6 Å². The van der Waals surface area contributed by atoms with E-state index in [-0.39, 0.29) is 31.8 Å². The van der Waals surface area contributed by atoms with Gasteiger partial charge in [-0.15, -0.1) is 10.2 Å². The van der Waals surface area contributed by atoms with E-state index >= 15 is 0 Å². The molecule has 0 fully saturated rings. The van der Waals surface area contributed by atoms with Crippen molar-refractivity contribution < 1.29 is 19.4 Å². The number of benzene rings is 2. The molecule has 9 heteroatoms. The van der Waals surface area contributed by atoms with Crippen molar-refractivity contribution in [1.29, 1.82) is 0 Å². The highest BCUT2D eigenvalue weighted by Gasteiger charge is 2.23. The molecule has 0 spiro atoms. The molecule has 180 valence electrons. The number of aromatic nitrogens is 3. The zero-order valence-electron chi connectivity index (χ0n) is 19.4. The van der Waals surface area contributed by atoms with Crippen LogP contribution in [0.2, 0.25) is 0 Å². The first-order valence-electron chi connectivity index (χ1n) is 11.6. The number of aliphatic hydroxyl groups excluding tert-OH is 1. The molecule has 1 aliphatic heterocycles. The van der Waals surface area contributed by atoms with Crippen LogP contribution >= 0.6 is 0 Å². The van der Waals surface area contributed by atoms with E-state index in [1.165, 1.54) is 0 Å². The molecule has 1 atom stereocenters. The topological polar surface area (TPSA) is 102 Å². The second-order valence-corrected chi connectivity index (χ2v) is 8.26. The summed E-state index contributed by atoms with van der Waals surface area (Å²) in [5, 5.41) is 20.7. The van der Waals surface area contributed by atoms with Gasteiger partial charge in [0.1, 0.15) is 23.9 Å². The molecule has 3 aromatic rings. The van der Waals surface area contributed by atoms with Gasteiger partial charge in [0.05, 0.1) is 12.6 Å². The standard InChI is InChI=1S/C25H31N5O4/c1-19(26-24(32)18-34-21-7-3-2-4-8-21)25-28-27-23-10-11-29(12-13-30(23)25)17-20-6-5-9-22(16-20)33-15-14-31/h2-9,16,19,31H,10-15,17-18H2,1H3,(H,26,32). The summed E-state index contributed by atoms with van der Waals surface area (Å²) in [7, 11) is 0. The van der Waals surface area contributed by atoms with Gasteiger partial charge in [-0.05, 0) is 36.8 Å². The first-order valence-corrected chi connectivity index (χ1v) is 11.6. The molecule has 1 aromatic heterocycles. The molecule has 1 amide bonds. The molecule has 0 aliphatic carbocycles. The van der Waals surface area contributed by atoms with Gasteiger partial charge < -0.3 is 24.5 Å². The van der Waals surface area contributed by atoms with Gasteiger partial charge in [0.2, 0.25) is 0 Å². The largest absolute Gasteiger partial charge is 0.491 e. The van der Waals surface area contributed by atoms with Crippen LogP contribution in [0.25, 0.3) is 0 Å². The average molecular weight is 466 g/mol.